The zero-order valence-electron chi connectivity index (χ0n) is 11.1. The zero-order valence-corrected chi connectivity index (χ0v) is 11.1. The summed E-state index contributed by atoms with van der Waals surface area (Å²) >= 11 is 0. The van der Waals surface area contributed by atoms with Crippen molar-refractivity contribution in [3.63, 3.8) is 0 Å². The molecule has 0 saturated carbocycles. The lowest BCUT2D eigenvalue weighted by atomic mass is 10.2. The molecule has 4 nitrogen and oxygen atoms in total. The molecule has 19 heavy (non-hydrogen) atoms. The van der Waals surface area contributed by atoms with Crippen molar-refractivity contribution in [3.05, 3.63) is 35.8 Å². The van der Waals surface area contributed by atoms with E-state index < -0.39 is 6.10 Å². The lowest BCUT2D eigenvalue weighted by molar-refractivity contribution is 0.0408. The third-order valence-corrected chi connectivity index (χ3v) is 2.84. The van der Waals surface area contributed by atoms with Crippen LogP contribution in [0, 0.1) is 5.82 Å². The van der Waals surface area contributed by atoms with Crippen LogP contribution in [0.2, 0.25) is 0 Å². The van der Waals surface area contributed by atoms with Gasteiger partial charge >= 0.3 is 0 Å². The molecule has 1 aromatic heterocycles. The predicted octanol–water partition coefficient (Wildman–Crippen LogP) is 2.01. The molecular weight excluding hydrogens is 249 g/mol. The lowest BCUT2D eigenvalue weighted by Crippen LogP contribution is -2.31. The van der Waals surface area contributed by atoms with E-state index in [0.29, 0.717) is 25.3 Å². The van der Waals surface area contributed by atoms with Gasteiger partial charge in [-0.05, 0) is 31.3 Å². The second kappa shape index (κ2) is 6.14. The fraction of sp³-hybridized carbons (Fsp3) is 0.429. The van der Waals surface area contributed by atoms with E-state index in [1.165, 1.54) is 12.1 Å². The van der Waals surface area contributed by atoms with Crippen LogP contribution in [0.4, 0.5) is 4.39 Å². The van der Waals surface area contributed by atoms with E-state index in [0.717, 1.165) is 11.1 Å². The maximum atomic E-state index is 13.1. The van der Waals surface area contributed by atoms with E-state index in [4.69, 9.17) is 9.15 Å². The summed E-state index contributed by atoms with van der Waals surface area (Å²) in [5.74, 6) is 0.469. The van der Waals surface area contributed by atoms with Gasteiger partial charge in [0.05, 0.1) is 19.3 Å². The first-order chi connectivity index (χ1) is 9.08. The van der Waals surface area contributed by atoms with Crippen LogP contribution in [0.5, 0.6) is 0 Å². The number of ether oxygens (including phenoxy) is 1. The third kappa shape index (κ3) is 3.76. The maximum absolute atomic E-state index is 13.1. The summed E-state index contributed by atoms with van der Waals surface area (Å²) in [5.41, 5.74) is 0.669. The molecule has 0 amide bonds. The maximum Gasteiger partial charge on any atom is 0.134 e. The minimum absolute atomic E-state index is 0.274. The largest absolute Gasteiger partial charge is 0.460 e. The standard InChI is InChI=1S/C14H18FNO3/c1-16(7-12(17)9-18-2)8-13-6-10-5-11(15)3-4-14(10)19-13/h3-6,12,17H,7-9H2,1-2H3. The number of fused-ring (bicyclic) bond motifs is 1. The molecular formula is C14H18FNO3. The van der Waals surface area contributed by atoms with Crippen molar-refractivity contribution in [1.29, 1.82) is 0 Å². The molecule has 0 radical (unpaired) electrons. The number of aliphatic hydroxyl groups is 1. The van der Waals surface area contributed by atoms with Crippen LogP contribution in [-0.2, 0) is 11.3 Å². The van der Waals surface area contributed by atoms with Gasteiger partial charge in [-0.25, -0.2) is 4.39 Å². The van der Waals surface area contributed by atoms with Crippen molar-refractivity contribution in [2.45, 2.75) is 12.6 Å². The van der Waals surface area contributed by atoms with Crippen LogP contribution in [0.15, 0.2) is 28.7 Å². The van der Waals surface area contributed by atoms with Gasteiger partial charge < -0.3 is 14.3 Å². The van der Waals surface area contributed by atoms with E-state index in [2.05, 4.69) is 0 Å². The highest BCUT2D eigenvalue weighted by Gasteiger charge is 2.11. The number of furan rings is 1. The van der Waals surface area contributed by atoms with Crippen LogP contribution in [0.1, 0.15) is 5.76 Å². The molecule has 2 rings (SSSR count). The monoisotopic (exact) mass is 267 g/mol. The Balaban J connectivity index is 2.00. The number of hydrogen-bond acceptors (Lipinski definition) is 4. The molecule has 1 aromatic carbocycles. The highest BCUT2D eigenvalue weighted by Crippen LogP contribution is 2.21. The topological polar surface area (TPSA) is 45.8 Å². The highest BCUT2D eigenvalue weighted by atomic mass is 19.1. The lowest BCUT2D eigenvalue weighted by Gasteiger charge is -2.18. The summed E-state index contributed by atoms with van der Waals surface area (Å²) in [7, 11) is 3.43. The molecule has 1 heterocycles. The highest BCUT2D eigenvalue weighted by molar-refractivity contribution is 5.77. The molecule has 0 aliphatic carbocycles. The molecule has 0 saturated heterocycles. The van der Waals surface area contributed by atoms with Crippen molar-refractivity contribution in [1.82, 2.24) is 4.90 Å². The Morgan fingerprint density at radius 3 is 2.95 bits per heavy atom. The van der Waals surface area contributed by atoms with Crippen molar-refractivity contribution in [2.75, 3.05) is 27.3 Å². The quantitative estimate of drug-likeness (QED) is 0.869. The summed E-state index contributed by atoms with van der Waals surface area (Å²) in [6.07, 6.45) is -0.531. The molecule has 0 aliphatic heterocycles. The number of rotatable bonds is 6. The Labute approximate surface area is 111 Å². The molecule has 1 atom stereocenters. The Kier molecular flexibility index (Phi) is 4.52. The average molecular weight is 267 g/mol. The third-order valence-electron chi connectivity index (χ3n) is 2.84. The number of nitrogens with zero attached hydrogens (tertiary/aromatic N) is 1. The van der Waals surface area contributed by atoms with E-state index in [1.807, 2.05) is 18.0 Å². The minimum atomic E-state index is -0.531. The number of benzene rings is 1. The molecule has 5 heteroatoms. The van der Waals surface area contributed by atoms with E-state index in [-0.39, 0.29) is 5.82 Å². The van der Waals surface area contributed by atoms with Gasteiger partial charge in [0.2, 0.25) is 0 Å². The van der Waals surface area contributed by atoms with Gasteiger partial charge in [0.15, 0.2) is 0 Å². The molecule has 104 valence electrons. The van der Waals surface area contributed by atoms with Gasteiger partial charge in [-0.15, -0.1) is 0 Å². The van der Waals surface area contributed by atoms with Crippen molar-refractivity contribution >= 4 is 11.0 Å². The summed E-state index contributed by atoms with van der Waals surface area (Å²) in [4.78, 5) is 1.93. The van der Waals surface area contributed by atoms with Crippen LogP contribution < -0.4 is 0 Å². The molecule has 1 unspecified atom stereocenters. The van der Waals surface area contributed by atoms with E-state index >= 15 is 0 Å². The minimum Gasteiger partial charge on any atom is -0.460 e. The van der Waals surface area contributed by atoms with Gasteiger partial charge in [0.25, 0.3) is 0 Å². The zero-order chi connectivity index (χ0) is 13.8. The number of likely N-dealkylation sites (N-methyl/N-ethyl adjacent to an activating group) is 1. The predicted molar refractivity (Wildman–Crippen MR) is 70.4 cm³/mol. The fourth-order valence-corrected chi connectivity index (χ4v) is 2.08. The number of halogens is 1. The first-order valence-corrected chi connectivity index (χ1v) is 6.12. The van der Waals surface area contributed by atoms with Gasteiger partial charge in [-0.1, -0.05) is 0 Å². The second-order valence-electron chi connectivity index (χ2n) is 4.70. The van der Waals surface area contributed by atoms with Crippen LogP contribution in [-0.4, -0.2) is 43.4 Å². The average Bonchev–Trinajstić information content (AvgIpc) is 2.70. The van der Waals surface area contributed by atoms with Crippen LogP contribution in [0.25, 0.3) is 11.0 Å². The molecule has 0 spiro atoms. The molecule has 1 N–H and O–H groups in total. The summed E-state index contributed by atoms with van der Waals surface area (Å²) in [6.45, 7) is 1.34. The first-order valence-electron chi connectivity index (χ1n) is 6.12. The smallest absolute Gasteiger partial charge is 0.134 e. The molecule has 0 aliphatic rings. The summed E-state index contributed by atoms with van der Waals surface area (Å²) in [5, 5.41) is 10.4. The van der Waals surface area contributed by atoms with Crippen molar-refractivity contribution in [2.24, 2.45) is 0 Å². The van der Waals surface area contributed by atoms with Gasteiger partial charge in [-0.2, -0.15) is 0 Å². The molecule has 0 fully saturated rings. The summed E-state index contributed by atoms with van der Waals surface area (Å²) < 4.78 is 23.6. The van der Waals surface area contributed by atoms with Gasteiger partial charge in [0, 0.05) is 19.0 Å². The Bertz CT molecular complexity index is 540. The van der Waals surface area contributed by atoms with Gasteiger partial charge in [-0.3, -0.25) is 4.90 Å². The molecule has 2 aromatic rings. The van der Waals surface area contributed by atoms with Gasteiger partial charge in [0.1, 0.15) is 17.2 Å². The SMILES string of the molecule is COCC(O)CN(C)Cc1cc2cc(F)ccc2o1. The van der Waals surface area contributed by atoms with Crippen LogP contribution in [0.3, 0.4) is 0 Å². The van der Waals surface area contributed by atoms with E-state index in [1.54, 1.807) is 13.2 Å². The Hall–Kier alpha value is -1.43. The Morgan fingerprint density at radius 1 is 1.42 bits per heavy atom. The first kappa shape index (κ1) is 14.0. The number of methoxy groups -OCH3 is 1. The summed E-state index contributed by atoms with van der Waals surface area (Å²) in [6, 6.07) is 6.26. The fourth-order valence-electron chi connectivity index (χ4n) is 2.08. The van der Waals surface area contributed by atoms with Crippen molar-refractivity contribution in [3.8, 4) is 0 Å². The Morgan fingerprint density at radius 2 is 2.21 bits per heavy atom. The second-order valence-corrected chi connectivity index (χ2v) is 4.70. The molecule has 0 bridgehead atoms. The number of aliphatic hydroxyl groups excluding tert-OH is 1. The number of hydrogen-bond donors (Lipinski definition) is 1. The van der Waals surface area contributed by atoms with Crippen LogP contribution >= 0.6 is 0 Å². The van der Waals surface area contributed by atoms with Crippen molar-refractivity contribution < 1.29 is 18.7 Å². The van der Waals surface area contributed by atoms with E-state index in [9.17, 15) is 9.50 Å². The normalized spacial score (nSPS) is 13.3.